The maximum atomic E-state index is 15.7. The largest absolute Gasteiger partial charge is 0.482 e. The van der Waals surface area contributed by atoms with Crippen LogP contribution in [0.3, 0.4) is 0 Å². The first kappa shape index (κ1) is 37.8. The Morgan fingerprint density at radius 1 is 0.983 bits per heavy atom. The lowest BCUT2D eigenvalue weighted by molar-refractivity contribution is -0.181. The summed E-state index contributed by atoms with van der Waals surface area (Å²) < 4.78 is 35.9. The topological polar surface area (TPSA) is 127 Å². The van der Waals surface area contributed by atoms with Gasteiger partial charge in [0.25, 0.3) is 0 Å². The third kappa shape index (κ3) is 5.03. The molecule has 4 fully saturated rings. The molecule has 11 rings (SSSR count). The van der Waals surface area contributed by atoms with Gasteiger partial charge in [0, 0.05) is 35.0 Å². The molecule has 6 heterocycles. The molecule has 2 aromatic carbocycles. The Kier molecular flexibility index (Phi) is 8.05. The van der Waals surface area contributed by atoms with E-state index in [9.17, 15) is 9.59 Å². The summed E-state index contributed by atoms with van der Waals surface area (Å²) in [5, 5.41) is 3.78. The average molecular weight is 798 g/mol. The van der Waals surface area contributed by atoms with E-state index in [4.69, 9.17) is 28.7 Å². The van der Waals surface area contributed by atoms with Gasteiger partial charge in [-0.25, -0.2) is 9.78 Å². The molecule has 6 atom stereocenters. The van der Waals surface area contributed by atoms with Crippen LogP contribution < -0.4 is 19.5 Å². The summed E-state index contributed by atoms with van der Waals surface area (Å²) in [4.78, 5) is 47.4. The molecule has 1 spiro atoms. The van der Waals surface area contributed by atoms with E-state index in [0.29, 0.717) is 59.3 Å². The molecule has 11 nitrogen and oxygen atoms in total. The SMILES string of the molecule is COC(=O)/C(C)=C\CC12OC(C)(C)C3CC(C1=O)C1C4=C(Nc5nc6ccccc6n51)c1c(c(CC=C(C)C)c5c6c1OC(=O)CC6=CC(C)(CCC=C(C)C)O5)OC432. The zero-order valence-electron chi connectivity index (χ0n) is 35.3. The van der Waals surface area contributed by atoms with Crippen molar-refractivity contribution in [3.8, 4) is 17.2 Å². The first-order chi connectivity index (χ1) is 28.0. The highest BCUT2D eigenvalue weighted by Crippen LogP contribution is 2.74. The van der Waals surface area contributed by atoms with Crippen molar-refractivity contribution in [2.45, 2.75) is 122 Å². The Labute approximate surface area is 344 Å². The third-order valence-corrected chi connectivity index (χ3v) is 13.8. The summed E-state index contributed by atoms with van der Waals surface area (Å²) in [6, 6.07) is 7.48. The first-order valence-electron chi connectivity index (χ1n) is 20.8. The molecule has 3 saturated carbocycles. The highest BCUT2D eigenvalue weighted by molar-refractivity contribution is 6.06. The fourth-order valence-electron chi connectivity index (χ4n) is 11.4. The molecule has 1 N–H and O–H groups in total. The van der Waals surface area contributed by atoms with E-state index in [1.165, 1.54) is 12.7 Å². The van der Waals surface area contributed by atoms with Crippen LogP contribution in [0.5, 0.6) is 17.2 Å². The summed E-state index contributed by atoms with van der Waals surface area (Å²) in [5.41, 5.74) is 4.62. The van der Waals surface area contributed by atoms with Gasteiger partial charge in [-0.2, -0.15) is 0 Å². The van der Waals surface area contributed by atoms with Crippen LogP contribution in [0.4, 0.5) is 5.95 Å². The Bertz CT molecular complexity index is 2610. The fourth-order valence-corrected chi connectivity index (χ4v) is 11.4. The maximum absolute atomic E-state index is 15.7. The monoisotopic (exact) mass is 797 g/mol. The van der Waals surface area contributed by atoms with Crippen LogP contribution in [-0.4, -0.2) is 56.8 Å². The van der Waals surface area contributed by atoms with E-state index in [2.05, 4.69) is 62.7 Å². The molecular weight excluding hydrogens is 747 g/mol. The van der Waals surface area contributed by atoms with Crippen LogP contribution in [0.25, 0.3) is 22.3 Å². The van der Waals surface area contributed by atoms with E-state index in [1.54, 1.807) is 13.0 Å². The van der Waals surface area contributed by atoms with Crippen LogP contribution in [0, 0.1) is 11.8 Å². The standard InChI is InChI=1S/C48H51N3O8/c1-24(2)13-12-19-46(8)23-27-21-33(52)56-41-34(27)39(57-46)28(17-16-25(3)4)40-35(41)37-36-38(51-31-15-11-10-14-30(31)49-44(51)50-37)29-22-32-45(6,7)59-47(42(29)53,48(32,36)58-40)20-18-26(5)43(54)55-9/h10-11,13-16,18,23,29,32,38H,12,17,19-22H2,1-9H3,(H,49,50)/b26-18-. The quantitative estimate of drug-likeness (QED) is 0.102. The normalized spacial score (nSPS) is 29.8. The molecule has 0 amide bonds. The van der Waals surface area contributed by atoms with Gasteiger partial charge in [-0.15, -0.1) is 0 Å². The second-order valence-corrected chi connectivity index (χ2v) is 18.6. The van der Waals surface area contributed by atoms with Crippen molar-refractivity contribution >= 4 is 46.0 Å². The van der Waals surface area contributed by atoms with E-state index in [1.807, 2.05) is 38.1 Å². The number of nitrogens with one attached hydrogen (secondary N) is 1. The fraction of sp³-hybridized carbons (Fsp3) is 0.458. The number of ketones is 1. The lowest BCUT2D eigenvalue weighted by atomic mass is 9.47. The van der Waals surface area contributed by atoms with Crippen molar-refractivity contribution in [2.24, 2.45) is 11.8 Å². The Hall–Kier alpha value is -5.42. The molecule has 306 valence electrons. The number of fused-ring (bicyclic) bond motifs is 6. The number of hydrogen-bond acceptors (Lipinski definition) is 10. The lowest BCUT2D eigenvalue weighted by Gasteiger charge is -2.62. The van der Waals surface area contributed by atoms with E-state index in [0.717, 1.165) is 45.3 Å². The molecule has 6 unspecified atom stereocenters. The Morgan fingerprint density at radius 3 is 2.47 bits per heavy atom. The predicted octanol–water partition coefficient (Wildman–Crippen LogP) is 8.92. The molecule has 4 bridgehead atoms. The molecule has 0 radical (unpaired) electrons. The van der Waals surface area contributed by atoms with Crippen molar-refractivity contribution < 1.29 is 38.1 Å². The van der Waals surface area contributed by atoms with Gasteiger partial charge in [-0.1, -0.05) is 41.5 Å². The number of nitrogens with zero attached hydrogens (tertiary/aromatic N) is 2. The Morgan fingerprint density at radius 2 is 1.73 bits per heavy atom. The van der Waals surface area contributed by atoms with Gasteiger partial charge in [0.2, 0.25) is 5.95 Å². The smallest absolute Gasteiger partial charge is 0.333 e. The zero-order valence-corrected chi connectivity index (χ0v) is 35.3. The number of benzene rings is 2. The number of rotatable bonds is 8. The van der Waals surface area contributed by atoms with Crippen molar-refractivity contribution in [3.05, 3.63) is 87.6 Å². The molecule has 3 aliphatic carbocycles. The maximum Gasteiger partial charge on any atom is 0.333 e. The third-order valence-electron chi connectivity index (χ3n) is 13.8. The number of allylic oxidation sites excluding steroid dienone is 4. The molecule has 3 aromatic rings. The van der Waals surface area contributed by atoms with Gasteiger partial charge in [0.05, 0.1) is 53.0 Å². The summed E-state index contributed by atoms with van der Waals surface area (Å²) in [7, 11) is 1.35. The number of methoxy groups -OCH3 is 1. The van der Waals surface area contributed by atoms with Crippen LogP contribution in [0.2, 0.25) is 0 Å². The molecule has 1 aromatic heterocycles. The number of Topliss-reactive ketones (excluding diaryl/α,β-unsaturated/α-hetero) is 1. The molecule has 8 aliphatic rings. The molecule has 5 aliphatic heterocycles. The lowest BCUT2D eigenvalue weighted by Crippen LogP contribution is -2.75. The number of anilines is 1. The number of ether oxygens (including phenoxy) is 5. The number of imidazole rings is 1. The van der Waals surface area contributed by atoms with Gasteiger partial charge in [0.1, 0.15) is 17.1 Å². The highest BCUT2D eigenvalue weighted by Gasteiger charge is 2.84. The first-order valence-corrected chi connectivity index (χ1v) is 20.8. The summed E-state index contributed by atoms with van der Waals surface area (Å²) in [5.74, 6) is 0.392. The number of carbonyl (C=O) groups is 3. The minimum Gasteiger partial charge on any atom is -0.482 e. The number of para-hydroxylation sites is 2. The number of esters is 2. The summed E-state index contributed by atoms with van der Waals surface area (Å²) >= 11 is 0. The minimum atomic E-state index is -1.52. The van der Waals surface area contributed by atoms with Gasteiger partial charge in [-0.05, 0) is 105 Å². The minimum absolute atomic E-state index is 0.0692. The van der Waals surface area contributed by atoms with Crippen molar-refractivity contribution in [2.75, 3.05) is 12.4 Å². The summed E-state index contributed by atoms with van der Waals surface area (Å²) in [6.45, 7) is 16.2. The van der Waals surface area contributed by atoms with E-state index < -0.39 is 40.3 Å². The predicted molar refractivity (Wildman–Crippen MR) is 223 cm³/mol. The van der Waals surface area contributed by atoms with Crippen molar-refractivity contribution in [1.82, 2.24) is 9.55 Å². The van der Waals surface area contributed by atoms with Crippen LogP contribution >= 0.6 is 0 Å². The van der Waals surface area contributed by atoms with Gasteiger partial charge in [0.15, 0.2) is 22.7 Å². The molecule has 11 heteroatoms. The van der Waals surface area contributed by atoms with Crippen LogP contribution in [0.1, 0.15) is 110 Å². The van der Waals surface area contributed by atoms with Crippen LogP contribution in [0.15, 0.2) is 70.9 Å². The van der Waals surface area contributed by atoms with Gasteiger partial charge in [-0.3, -0.25) is 9.59 Å². The number of carbonyl (C=O) groups excluding carboxylic acids is 3. The number of aromatic nitrogens is 2. The summed E-state index contributed by atoms with van der Waals surface area (Å²) in [6.07, 6.45) is 10.9. The molecular formula is C48H51N3O8. The number of hydrogen-bond donors (Lipinski definition) is 1. The Balaban J connectivity index is 1.31. The zero-order chi connectivity index (χ0) is 41.6. The van der Waals surface area contributed by atoms with E-state index >= 15 is 4.79 Å². The average Bonchev–Trinajstić information content (AvgIpc) is 3.61. The molecule has 1 saturated heterocycles. The second kappa shape index (κ2) is 12.5. The van der Waals surface area contributed by atoms with Gasteiger partial charge >= 0.3 is 11.9 Å². The van der Waals surface area contributed by atoms with Gasteiger partial charge < -0.3 is 33.6 Å². The van der Waals surface area contributed by atoms with Crippen molar-refractivity contribution in [1.29, 1.82) is 0 Å². The molecule has 59 heavy (non-hydrogen) atoms. The van der Waals surface area contributed by atoms with E-state index in [-0.39, 0.29) is 30.5 Å². The second-order valence-electron chi connectivity index (χ2n) is 18.6. The van der Waals surface area contributed by atoms with Crippen LogP contribution in [-0.2, 0) is 30.3 Å². The highest BCUT2D eigenvalue weighted by atomic mass is 16.6. The van der Waals surface area contributed by atoms with Crippen molar-refractivity contribution in [3.63, 3.8) is 0 Å².